The number of rotatable bonds is 7. The molecule has 7 heteroatoms. The van der Waals surface area contributed by atoms with Crippen LogP contribution in [0.15, 0.2) is 53.2 Å². The second-order valence-electron chi connectivity index (χ2n) is 9.22. The van der Waals surface area contributed by atoms with Crippen molar-refractivity contribution < 1.29 is 19.0 Å². The van der Waals surface area contributed by atoms with Crippen molar-refractivity contribution in [2.75, 3.05) is 60.1 Å². The average Bonchev–Trinajstić information content (AvgIpc) is 3.28. The third kappa shape index (κ3) is 4.76. The highest BCUT2D eigenvalue weighted by Gasteiger charge is 2.41. The van der Waals surface area contributed by atoms with Gasteiger partial charge in [-0.05, 0) is 18.6 Å². The smallest absolute Gasteiger partial charge is 0.164 e. The van der Waals surface area contributed by atoms with Crippen molar-refractivity contribution in [3.05, 3.63) is 59.2 Å². The Morgan fingerprint density at radius 1 is 1.03 bits per heavy atom. The van der Waals surface area contributed by atoms with Gasteiger partial charge in [0.05, 0.1) is 20.1 Å². The van der Waals surface area contributed by atoms with E-state index in [-0.39, 0.29) is 12.0 Å². The van der Waals surface area contributed by atoms with E-state index in [1.165, 1.54) is 11.1 Å². The van der Waals surface area contributed by atoms with Gasteiger partial charge in [0.2, 0.25) is 0 Å². The van der Waals surface area contributed by atoms with Crippen molar-refractivity contribution in [2.45, 2.75) is 13.0 Å². The molecule has 1 saturated heterocycles. The first-order valence-corrected chi connectivity index (χ1v) is 11.9. The van der Waals surface area contributed by atoms with Crippen LogP contribution in [0.25, 0.3) is 6.08 Å². The Morgan fingerprint density at radius 2 is 1.74 bits per heavy atom. The van der Waals surface area contributed by atoms with Crippen LogP contribution in [0.5, 0.6) is 17.2 Å². The van der Waals surface area contributed by atoms with E-state index in [0.29, 0.717) is 18.1 Å². The lowest BCUT2D eigenvalue weighted by atomic mass is 9.90. The minimum Gasteiger partial charge on any atom is -0.493 e. The van der Waals surface area contributed by atoms with Crippen molar-refractivity contribution in [1.82, 2.24) is 9.80 Å². The standard InChI is InChI=1S/C27H33N3O4/c1-19(13-20-7-5-4-6-8-20)16-29-9-11-30(12-10-29)17-26-22-18-33-23-15-25(32-3)24(31-2)14-21(23)27(22)28-34-26/h4-8,13-15,22,26H,9-12,16-18H2,1-3H3/b19-13+. The van der Waals surface area contributed by atoms with Gasteiger partial charge in [0.15, 0.2) is 17.6 Å². The van der Waals surface area contributed by atoms with Crippen molar-refractivity contribution in [3.8, 4) is 17.2 Å². The van der Waals surface area contributed by atoms with Crippen LogP contribution in [-0.4, -0.2) is 81.7 Å². The maximum Gasteiger partial charge on any atom is 0.164 e. The fourth-order valence-electron chi connectivity index (χ4n) is 5.01. The van der Waals surface area contributed by atoms with E-state index in [2.05, 4.69) is 58.3 Å². The Morgan fingerprint density at radius 3 is 2.47 bits per heavy atom. The highest BCUT2D eigenvalue weighted by atomic mass is 16.6. The Labute approximate surface area is 201 Å². The highest BCUT2D eigenvalue weighted by molar-refractivity contribution is 6.06. The molecule has 2 aromatic rings. The lowest BCUT2D eigenvalue weighted by molar-refractivity contribution is 0.0101. The van der Waals surface area contributed by atoms with Crippen LogP contribution >= 0.6 is 0 Å². The van der Waals surface area contributed by atoms with Gasteiger partial charge in [-0.25, -0.2) is 0 Å². The minimum atomic E-state index is 0.00232. The van der Waals surface area contributed by atoms with E-state index in [1.54, 1.807) is 14.2 Å². The zero-order valence-corrected chi connectivity index (χ0v) is 20.2. The van der Waals surface area contributed by atoms with Gasteiger partial charge in [0.1, 0.15) is 18.1 Å². The maximum atomic E-state index is 6.08. The monoisotopic (exact) mass is 463 g/mol. The summed E-state index contributed by atoms with van der Waals surface area (Å²) in [4.78, 5) is 10.9. The van der Waals surface area contributed by atoms with Crippen LogP contribution in [-0.2, 0) is 4.84 Å². The molecule has 2 unspecified atom stereocenters. The van der Waals surface area contributed by atoms with Gasteiger partial charge in [-0.15, -0.1) is 0 Å². The molecule has 0 spiro atoms. The highest BCUT2D eigenvalue weighted by Crippen LogP contribution is 2.40. The van der Waals surface area contributed by atoms with Crippen LogP contribution < -0.4 is 14.2 Å². The summed E-state index contributed by atoms with van der Waals surface area (Å²) in [6, 6.07) is 14.3. The van der Waals surface area contributed by atoms with Crippen LogP contribution in [0.4, 0.5) is 0 Å². The van der Waals surface area contributed by atoms with E-state index in [1.807, 2.05) is 12.1 Å². The van der Waals surface area contributed by atoms with E-state index in [9.17, 15) is 0 Å². The zero-order valence-electron chi connectivity index (χ0n) is 20.2. The van der Waals surface area contributed by atoms with Gasteiger partial charge >= 0.3 is 0 Å². The lowest BCUT2D eigenvalue weighted by Gasteiger charge is -2.36. The number of fused-ring (bicyclic) bond motifs is 3. The Balaban J connectivity index is 1.15. The summed E-state index contributed by atoms with van der Waals surface area (Å²) >= 11 is 0. The molecule has 180 valence electrons. The molecular formula is C27H33N3O4. The molecule has 2 atom stereocenters. The SMILES string of the molecule is COc1cc2c(cc1OC)C1=NOC(CN3CCN(C/C(C)=C/c4ccccc4)CC3)C1CO2. The molecular weight excluding hydrogens is 430 g/mol. The molecule has 3 heterocycles. The lowest BCUT2D eigenvalue weighted by Crippen LogP contribution is -2.50. The topological polar surface area (TPSA) is 55.8 Å². The third-order valence-electron chi connectivity index (χ3n) is 6.86. The number of nitrogens with zero attached hydrogens (tertiary/aromatic N) is 3. The molecule has 0 N–H and O–H groups in total. The first-order chi connectivity index (χ1) is 16.6. The van der Waals surface area contributed by atoms with Crippen molar-refractivity contribution >= 4 is 11.8 Å². The molecule has 0 amide bonds. The van der Waals surface area contributed by atoms with Gasteiger partial charge in [0.25, 0.3) is 0 Å². The van der Waals surface area contributed by atoms with Crippen LogP contribution in [0.2, 0.25) is 0 Å². The molecule has 0 radical (unpaired) electrons. The van der Waals surface area contributed by atoms with Gasteiger partial charge in [-0.2, -0.15) is 0 Å². The number of oxime groups is 1. The number of hydrogen-bond acceptors (Lipinski definition) is 7. The van der Waals surface area contributed by atoms with Gasteiger partial charge in [-0.1, -0.05) is 47.1 Å². The number of methoxy groups -OCH3 is 2. The number of ether oxygens (including phenoxy) is 3. The fraction of sp³-hybridized carbons (Fsp3) is 0.444. The predicted molar refractivity (Wildman–Crippen MR) is 133 cm³/mol. The Bertz CT molecular complexity index is 1060. The second-order valence-corrected chi connectivity index (χ2v) is 9.22. The molecule has 34 heavy (non-hydrogen) atoms. The maximum absolute atomic E-state index is 6.08. The summed E-state index contributed by atoms with van der Waals surface area (Å²) < 4.78 is 17.0. The number of piperazine rings is 1. The van der Waals surface area contributed by atoms with Crippen molar-refractivity contribution in [2.24, 2.45) is 11.1 Å². The quantitative estimate of drug-likeness (QED) is 0.626. The molecule has 0 aliphatic carbocycles. The van der Waals surface area contributed by atoms with Crippen LogP contribution in [0, 0.1) is 5.92 Å². The Hall–Kier alpha value is -3.03. The van der Waals surface area contributed by atoms with Gasteiger partial charge < -0.3 is 19.0 Å². The van der Waals surface area contributed by atoms with E-state index in [0.717, 1.165) is 56.3 Å². The molecule has 5 rings (SSSR count). The first-order valence-electron chi connectivity index (χ1n) is 11.9. The molecule has 3 aliphatic rings. The average molecular weight is 464 g/mol. The largest absolute Gasteiger partial charge is 0.493 e. The predicted octanol–water partition coefficient (Wildman–Crippen LogP) is 3.54. The molecule has 7 nitrogen and oxygen atoms in total. The number of benzene rings is 2. The summed E-state index contributed by atoms with van der Waals surface area (Å²) in [5.41, 5.74) is 4.54. The fourth-order valence-corrected chi connectivity index (χ4v) is 5.01. The summed E-state index contributed by atoms with van der Waals surface area (Å²) in [5.74, 6) is 2.22. The molecule has 0 bridgehead atoms. The molecule has 2 aromatic carbocycles. The molecule has 0 saturated carbocycles. The number of hydrogen-bond donors (Lipinski definition) is 0. The summed E-state index contributed by atoms with van der Waals surface area (Å²) in [6.45, 7) is 8.82. The van der Waals surface area contributed by atoms with Crippen LogP contribution in [0.1, 0.15) is 18.1 Å². The van der Waals surface area contributed by atoms with E-state index < -0.39 is 0 Å². The van der Waals surface area contributed by atoms with E-state index in [4.69, 9.17) is 19.0 Å². The summed E-state index contributed by atoms with van der Waals surface area (Å²) in [5, 5.41) is 4.47. The Kier molecular flexibility index (Phi) is 6.74. The summed E-state index contributed by atoms with van der Waals surface area (Å²) in [7, 11) is 3.27. The summed E-state index contributed by atoms with van der Waals surface area (Å²) in [6.07, 6.45) is 2.28. The molecule has 0 aromatic heterocycles. The van der Waals surface area contributed by atoms with Gasteiger partial charge in [0, 0.05) is 50.9 Å². The minimum absolute atomic E-state index is 0.00232. The normalized spacial score (nSPS) is 22.8. The molecule has 3 aliphatic heterocycles. The van der Waals surface area contributed by atoms with Crippen molar-refractivity contribution in [3.63, 3.8) is 0 Å². The molecule has 1 fully saturated rings. The first kappa shape index (κ1) is 22.7. The van der Waals surface area contributed by atoms with E-state index >= 15 is 0 Å². The second kappa shape index (κ2) is 10.1. The zero-order chi connectivity index (χ0) is 23.5. The third-order valence-corrected chi connectivity index (χ3v) is 6.86. The van der Waals surface area contributed by atoms with Crippen molar-refractivity contribution in [1.29, 1.82) is 0 Å². The van der Waals surface area contributed by atoms with Gasteiger partial charge in [-0.3, -0.25) is 9.80 Å². The van der Waals surface area contributed by atoms with Crippen LogP contribution in [0.3, 0.4) is 0 Å².